The third kappa shape index (κ3) is 4.76. The zero-order valence-electron chi connectivity index (χ0n) is 18.8. The molecule has 2 atom stereocenters. The minimum Gasteiger partial charge on any atom is -0.495 e. The maximum atomic E-state index is 13.2. The van der Waals surface area contributed by atoms with Crippen LogP contribution >= 0.6 is 11.6 Å². The van der Waals surface area contributed by atoms with E-state index in [0.29, 0.717) is 40.9 Å². The van der Waals surface area contributed by atoms with Crippen molar-refractivity contribution in [1.82, 2.24) is 4.90 Å². The van der Waals surface area contributed by atoms with Gasteiger partial charge < -0.3 is 19.1 Å². The highest BCUT2D eigenvalue weighted by Gasteiger charge is 2.49. The highest BCUT2D eigenvalue weighted by molar-refractivity contribution is 7.91. The lowest BCUT2D eigenvalue weighted by atomic mass is 10.0. The van der Waals surface area contributed by atoms with Gasteiger partial charge in [0, 0.05) is 18.3 Å². The molecule has 0 aliphatic carbocycles. The van der Waals surface area contributed by atoms with Crippen LogP contribution in [0.5, 0.6) is 17.2 Å². The van der Waals surface area contributed by atoms with Gasteiger partial charge in [-0.1, -0.05) is 17.7 Å². The molecule has 2 saturated heterocycles. The van der Waals surface area contributed by atoms with Crippen LogP contribution in [0.1, 0.15) is 5.56 Å². The molecule has 1 amide bonds. The summed E-state index contributed by atoms with van der Waals surface area (Å²) in [6.45, 7) is 0.683. The molecule has 10 heteroatoms. The molecule has 2 aromatic rings. The van der Waals surface area contributed by atoms with Crippen LogP contribution in [0.25, 0.3) is 0 Å². The van der Waals surface area contributed by atoms with Crippen molar-refractivity contribution in [2.24, 2.45) is 0 Å². The molecular formula is C23H27ClN2O6S. The number of amides is 1. The molecule has 2 aromatic carbocycles. The van der Waals surface area contributed by atoms with E-state index in [0.717, 1.165) is 5.56 Å². The fourth-order valence-electron chi connectivity index (χ4n) is 4.65. The predicted octanol–water partition coefficient (Wildman–Crippen LogP) is 2.42. The minimum absolute atomic E-state index is 0.0251. The summed E-state index contributed by atoms with van der Waals surface area (Å²) in [6, 6.07) is 10.0. The van der Waals surface area contributed by atoms with Crippen molar-refractivity contribution in [3.8, 4) is 17.2 Å². The number of ether oxygens (including phenoxy) is 3. The average Bonchev–Trinajstić information content (AvgIpc) is 3.11. The van der Waals surface area contributed by atoms with Gasteiger partial charge in [0.1, 0.15) is 5.75 Å². The topological polar surface area (TPSA) is 85.4 Å². The minimum atomic E-state index is -3.28. The first-order valence-electron chi connectivity index (χ1n) is 10.6. The van der Waals surface area contributed by atoms with Crippen LogP contribution in [0.4, 0.5) is 5.69 Å². The Hall–Kier alpha value is -2.49. The molecule has 0 aromatic heterocycles. The summed E-state index contributed by atoms with van der Waals surface area (Å²) in [4.78, 5) is 16.8. The standard InChI is InChI=1S/C23H27ClN2O6S/c1-30-20-7-5-16(11-17(20)24)26-19-14-33(28,29)13-18(19)25(12-23(26)27)9-8-15-4-6-21(31-2)22(10-15)32-3/h4-7,10-11,18-19H,8-9,12-14H2,1-3H3. The summed E-state index contributed by atoms with van der Waals surface area (Å²) in [5.41, 5.74) is 1.60. The molecule has 2 aliphatic rings. The second-order valence-electron chi connectivity index (χ2n) is 8.20. The van der Waals surface area contributed by atoms with Crippen molar-refractivity contribution in [1.29, 1.82) is 0 Å². The lowest BCUT2D eigenvalue weighted by Crippen LogP contribution is -2.62. The monoisotopic (exact) mass is 494 g/mol. The van der Waals surface area contributed by atoms with Crippen LogP contribution in [-0.4, -0.2) is 77.2 Å². The summed E-state index contributed by atoms with van der Waals surface area (Å²) >= 11 is 6.28. The summed E-state index contributed by atoms with van der Waals surface area (Å²) in [7, 11) is 1.40. The maximum absolute atomic E-state index is 13.2. The van der Waals surface area contributed by atoms with Gasteiger partial charge in [-0.15, -0.1) is 0 Å². The number of carbonyl (C=O) groups excluding carboxylic acids is 1. The number of hydrogen-bond donors (Lipinski definition) is 0. The van der Waals surface area contributed by atoms with Gasteiger partial charge >= 0.3 is 0 Å². The van der Waals surface area contributed by atoms with Gasteiger partial charge in [0.15, 0.2) is 21.3 Å². The number of fused-ring (bicyclic) bond motifs is 1. The normalized spacial score (nSPS) is 22.2. The van der Waals surface area contributed by atoms with Gasteiger partial charge in [-0.25, -0.2) is 8.42 Å². The van der Waals surface area contributed by atoms with Gasteiger partial charge in [0.05, 0.1) is 50.4 Å². The van der Waals surface area contributed by atoms with Gasteiger partial charge in [-0.05, 0) is 42.3 Å². The molecule has 0 N–H and O–H groups in total. The summed E-state index contributed by atoms with van der Waals surface area (Å²) in [5, 5.41) is 0.371. The Balaban J connectivity index is 1.57. The largest absolute Gasteiger partial charge is 0.495 e. The number of hydrogen-bond acceptors (Lipinski definition) is 7. The van der Waals surface area contributed by atoms with E-state index >= 15 is 0 Å². The third-order valence-corrected chi connectivity index (χ3v) is 8.24. The Bertz CT molecular complexity index is 1160. The Morgan fingerprint density at radius 2 is 1.61 bits per heavy atom. The van der Waals surface area contributed by atoms with E-state index in [2.05, 4.69) is 0 Å². The summed E-state index contributed by atoms with van der Waals surface area (Å²) < 4.78 is 41.0. The lowest BCUT2D eigenvalue weighted by Gasteiger charge is -2.43. The van der Waals surface area contributed by atoms with Crippen molar-refractivity contribution >= 4 is 33.0 Å². The SMILES string of the molecule is COc1ccc(N2C(=O)CN(CCc3ccc(OC)c(OC)c3)C3CS(=O)(=O)CC32)cc1Cl. The molecular weight excluding hydrogens is 468 g/mol. The fourth-order valence-corrected chi connectivity index (χ4v) is 6.89. The van der Waals surface area contributed by atoms with Crippen molar-refractivity contribution in [3.63, 3.8) is 0 Å². The molecule has 2 unspecified atom stereocenters. The first-order chi connectivity index (χ1) is 15.8. The van der Waals surface area contributed by atoms with Crippen LogP contribution in [-0.2, 0) is 21.1 Å². The Morgan fingerprint density at radius 1 is 0.939 bits per heavy atom. The molecule has 0 bridgehead atoms. The highest BCUT2D eigenvalue weighted by atomic mass is 35.5. The second kappa shape index (κ2) is 9.40. The van der Waals surface area contributed by atoms with Crippen molar-refractivity contribution in [2.75, 3.05) is 50.8 Å². The summed E-state index contributed by atoms with van der Waals surface area (Å²) in [5.74, 6) is 1.58. The lowest BCUT2D eigenvalue weighted by molar-refractivity contribution is -0.123. The molecule has 0 spiro atoms. The Kier molecular flexibility index (Phi) is 6.74. The zero-order valence-corrected chi connectivity index (χ0v) is 20.4. The third-order valence-electron chi connectivity index (χ3n) is 6.25. The van der Waals surface area contributed by atoms with Gasteiger partial charge in [0.2, 0.25) is 5.91 Å². The number of methoxy groups -OCH3 is 3. The number of nitrogens with zero attached hydrogens (tertiary/aromatic N) is 2. The van der Waals surface area contributed by atoms with E-state index in [9.17, 15) is 13.2 Å². The van der Waals surface area contributed by atoms with Gasteiger partial charge in [0.25, 0.3) is 0 Å². The average molecular weight is 495 g/mol. The molecule has 2 fully saturated rings. The molecule has 2 aliphatic heterocycles. The van der Waals surface area contributed by atoms with Crippen LogP contribution < -0.4 is 19.1 Å². The van der Waals surface area contributed by atoms with Crippen LogP contribution in [0.2, 0.25) is 5.02 Å². The zero-order chi connectivity index (χ0) is 23.8. The first kappa shape index (κ1) is 23.7. The number of sulfone groups is 1. The number of anilines is 1. The second-order valence-corrected chi connectivity index (χ2v) is 10.8. The van der Waals surface area contributed by atoms with E-state index in [1.807, 2.05) is 23.1 Å². The molecule has 0 saturated carbocycles. The number of benzene rings is 2. The van der Waals surface area contributed by atoms with E-state index in [4.69, 9.17) is 25.8 Å². The fraction of sp³-hybridized carbons (Fsp3) is 0.435. The first-order valence-corrected chi connectivity index (χ1v) is 12.8. The highest BCUT2D eigenvalue weighted by Crippen LogP contribution is 2.35. The molecule has 0 radical (unpaired) electrons. The van der Waals surface area contributed by atoms with Gasteiger partial charge in [-0.3, -0.25) is 9.69 Å². The smallest absolute Gasteiger partial charge is 0.241 e. The molecule has 2 heterocycles. The Morgan fingerprint density at radius 3 is 2.27 bits per heavy atom. The van der Waals surface area contributed by atoms with E-state index in [1.54, 1.807) is 37.3 Å². The van der Waals surface area contributed by atoms with Crippen molar-refractivity contribution in [2.45, 2.75) is 18.5 Å². The predicted molar refractivity (Wildman–Crippen MR) is 127 cm³/mol. The number of halogens is 1. The number of piperazine rings is 1. The van der Waals surface area contributed by atoms with Crippen molar-refractivity contribution < 1.29 is 27.4 Å². The van der Waals surface area contributed by atoms with Crippen LogP contribution in [0.3, 0.4) is 0 Å². The number of carbonyl (C=O) groups is 1. The van der Waals surface area contributed by atoms with E-state index in [1.165, 1.54) is 7.11 Å². The van der Waals surface area contributed by atoms with Crippen LogP contribution in [0, 0.1) is 0 Å². The quantitative estimate of drug-likeness (QED) is 0.584. The van der Waals surface area contributed by atoms with E-state index in [-0.39, 0.29) is 30.0 Å². The molecule has 8 nitrogen and oxygen atoms in total. The van der Waals surface area contributed by atoms with E-state index < -0.39 is 15.9 Å². The number of rotatable bonds is 7. The molecule has 4 rings (SSSR count). The maximum Gasteiger partial charge on any atom is 0.241 e. The molecule has 178 valence electrons. The van der Waals surface area contributed by atoms with Gasteiger partial charge in [-0.2, -0.15) is 0 Å². The molecule has 33 heavy (non-hydrogen) atoms. The van der Waals surface area contributed by atoms with Crippen molar-refractivity contribution in [3.05, 3.63) is 47.0 Å². The summed E-state index contributed by atoms with van der Waals surface area (Å²) in [6.07, 6.45) is 0.644. The Labute approximate surface area is 198 Å². The van der Waals surface area contributed by atoms with Crippen LogP contribution in [0.15, 0.2) is 36.4 Å².